The van der Waals surface area contributed by atoms with Gasteiger partial charge in [-0.05, 0) is 61.1 Å². The number of esters is 1. The molecule has 1 aliphatic rings. The SMILES string of the molecule is COC(=O)CC1CCN(C(=O)c2ccc(Cl)c(Cc3nc4c(C)c(C(F)(F)F)ccc4n3C)c2Cl)CC1. The molecule has 2 aromatic carbocycles. The van der Waals surface area contributed by atoms with Gasteiger partial charge in [-0.2, -0.15) is 13.2 Å². The minimum absolute atomic E-state index is 0.0450. The highest BCUT2D eigenvalue weighted by Crippen LogP contribution is 2.36. The molecule has 6 nitrogen and oxygen atoms in total. The summed E-state index contributed by atoms with van der Waals surface area (Å²) in [5.74, 6) is 0.123. The Bertz CT molecular complexity index is 1360. The Morgan fingerprint density at radius 2 is 1.81 bits per heavy atom. The standard InChI is InChI=1S/C26H26Cl2F3N3O3/c1-14-18(26(29,30)31)5-7-20-24(14)32-21(33(20)2)13-17-19(27)6-4-16(23(17)28)25(36)34-10-8-15(9-11-34)12-22(35)37-3/h4-7,15H,8-13H2,1-3H3. The molecule has 0 N–H and O–H groups in total. The topological polar surface area (TPSA) is 64.4 Å². The number of imidazole rings is 1. The lowest BCUT2D eigenvalue weighted by atomic mass is 9.93. The molecule has 0 unspecified atom stereocenters. The summed E-state index contributed by atoms with van der Waals surface area (Å²) in [7, 11) is 3.07. The van der Waals surface area contributed by atoms with E-state index in [0.29, 0.717) is 59.8 Å². The van der Waals surface area contributed by atoms with Gasteiger partial charge in [-0.25, -0.2) is 4.98 Å². The molecule has 37 heavy (non-hydrogen) atoms. The summed E-state index contributed by atoms with van der Waals surface area (Å²) in [6.07, 6.45) is -2.67. The Morgan fingerprint density at radius 1 is 1.14 bits per heavy atom. The molecule has 2 heterocycles. The molecule has 0 radical (unpaired) electrons. The van der Waals surface area contributed by atoms with Gasteiger partial charge < -0.3 is 14.2 Å². The minimum atomic E-state index is -4.48. The van der Waals surface area contributed by atoms with Crippen LogP contribution in [0.15, 0.2) is 24.3 Å². The first-order valence-corrected chi connectivity index (χ1v) is 12.5. The molecule has 11 heteroatoms. The molecule has 1 fully saturated rings. The van der Waals surface area contributed by atoms with Gasteiger partial charge in [0.25, 0.3) is 5.91 Å². The number of rotatable bonds is 5. The second-order valence-corrected chi connectivity index (χ2v) is 10.1. The van der Waals surface area contributed by atoms with Crippen LogP contribution in [0.25, 0.3) is 11.0 Å². The van der Waals surface area contributed by atoms with E-state index in [1.807, 2.05) is 0 Å². The molecule has 198 valence electrons. The van der Waals surface area contributed by atoms with E-state index in [9.17, 15) is 22.8 Å². The number of benzene rings is 2. The van der Waals surface area contributed by atoms with Crippen LogP contribution in [0.2, 0.25) is 10.0 Å². The molecule has 3 aromatic rings. The number of hydrogen-bond donors (Lipinski definition) is 0. The number of likely N-dealkylation sites (tertiary alicyclic amines) is 1. The van der Waals surface area contributed by atoms with Crippen molar-refractivity contribution in [1.29, 1.82) is 0 Å². The van der Waals surface area contributed by atoms with Crippen LogP contribution in [0.1, 0.15) is 52.1 Å². The predicted molar refractivity (Wildman–Crippen MR) is 135 cm³/mol. The van der Waals surface area contributed by atoms with Crippen molar-refractivity contribution >= 4 is 46.1 Å². The number of hydrogen-bond acceptors (Lipinski definition) is 4. The normalized spacial score (nSPS) is 14.9. The maximum atomic E-state index is 13.4. The van der Waals surface area contributed by atoms with Gasteiger partial charge in [-0.3, -0.25) is 9.59 Å². The zero-order valence-corrected chi connectivity index (χ0v) is 22.1. The van der Waals surface area contributed by atoms with Crippen LogP contribution in [0.5, 0.6) is 0 Å². The predicted octanol–water partition coefficient (Wildman–Crippen LogP) is 6.21. The van der Waals surface area contributed by atoms with Crippen molar-refractivity contribution in [2.24, 2.45) is 13.0 Å². The van der Waals surface area contributed by atoms with E-state index in [4.69, 9.17) is 27.9 Å². The number of aromatic nitrogens is 2. The fraction of sp³-hybridized carbons (Fsp3) is 0.423. The van der Waals surface area contributed by atoms with Crippen molar-refractivity contribution in [2.45, 2.75) is 38.8 Å². The Labute approximate surface area is 222 Å². The number of piperidine rings is 1. The largest absolute Gasteiger partial charge is 0.469 e. The first-order chi connectivity index (χ1) is 17.4. The quantitative estimate of drug-likeness (QED) is 0.351. The Morgan fingerprint density at radius 3 is 2.43 bits per heavy atom. The zero-order chi connectivity index (χ0) is 27.1. The number of ether oxygens (including phenoxy) is 1. The van der Waals surface area contributed by atoms with E-state index in [-0.39, 0.29) is 40.3 Å². The number of carbonyl (C=O) groups excluding carboxylic acids is 2. The number of aryl methyl sites for hydroxylation is 2. The van der Waals surface area contributed by atoms with Crippen LogP contribution in [0.4, 0.5) is 13.2 Å². The van der Waals surface area contributed by atoms with Gasteiger partial charge in [-0.15, -0.1) is 0 Å². The third kappa shape index (κ3) is 5.43. The van der Waals surface area contributed by atoms with Crippen LogP contribution in [0.3, 0.4) is 0 Å². The first kappa shape index (κ1) is 27.3. The highest BCUT2D eigenvalue weighted by molar-refractivity contribution is 6.38. The summed E-state index contributed by atoms with van der Waals surface area (Å²) in [5.41, 5.74) is 0.882. The highest BCUT2D eigenvalue weighted by atomic mass is 35.5. The van der Waals surface area contributed by atoms with Gasteiger partial charge in [0.1, 0.15) is 5.82 Å². The lowest BCUT2D eigenvalue weighted by molar-refractivity contribution is -0.142. The van der Waals surface area contributed by atoms with Gasteiger partial charge in [0.2, 0.25) is 0 Å². The summed E-state index contributed by atoms with van der Waals surface area (Å²) >= 11 is 13.1. The summed E-state index contributed by atoms with van der Waals surface area (Å²) in [5, 5.41) is 0.520. The van der Waals surface area contributed by atoms with E-state index in [1.54, 1.807) is 28.6 Å². The maximum Gasteiger partial charge on any atom is 0.416 e. The van der Waals surface area contributed by atoms with Crippen molar-refractivity contribution in [1.82, 2.24) is 14.5 Å². The molecule has 0 aliphatic carbocycles. The van der Waals surface area contributed by atoms with E-state index < -0.39 is 11.7 Å². The number of methoxy groups -OCH3 is 1. The van der Waals surface area contributed by atoms with Gasteiger partial charge in [-0.1, -0.05) is 23.2 Å². The third-order valence-electron chi connectivity index (χ3n) is 7.04. The van der Waals surface area contributed by atoms with Crippen molar-refractivity contribution in [3.05, 3.63) is 62.4 Å². The molecule has 1 aromatic heterocycles. The Balaban J connectivity index is 1.59. The lowest BCUT2D eigenvalue weighted by Gasteiger charge is -2.32. The van der Waals surface area contributed by atoms with Crippen LogP contribution in [-0.4, -0.2) is 46.5 Å². The molecule has 0 spiro atoms. The zero-order valence-electron chi connectivity index (χ0n) is 20.6. The summed E-state index contributed by atoms with van der Waals surface area (Å²) in [6.45, 7) is 2.37. The smallest absolute Gasteiger partial charge is 0.416 e. The molecule has 1 amide bonds. The number of fused-ring (bicyclic) bond motifs is 1. The first-order valence-electron chi connectivity index (χ1n) is 11.8. The Hall–Kier alpha value is -2.78. The van der Waals surface area contributed by atoms with E-state index in [2.05, 4.69) is 4.98 Å². The van der Waals surface area contributed by atoms with Gasteiger partial charge >= 0.3 is 12.1 Å². The number of nitrogens with zero attached hydrogens (tertiary/aromatic N) is 3. The van der Waals surface area contributed by atoms with E-state index in [1.165, 1.54) is 20.1 Å². The second kappa shape index (κ2) is 10.5. The monoisotopic (exact) mass is 555 g/mol. The van der Waals surface area contributed by atoms with Crippen LogP contribution in [0, 0.1) is 12.8 Å². The fourth-order valence-corrected chi connectivity index (χ4v) is 5.40. The molecule has 0 atom stereocenters. The van der Waals surface area contributed by atoms with Crippen molar-refractivity contribution in [3.63, 3.8) is 0 Å². The van der Waals surface area contributed by atoms with Gasteiger partial charge in [0, 0.05) is 38.0 Å². The fourth-order valence-electron chi connectivity index (χ4n) is 4.82. The van der Waals surface area contributed by atoms with Crippen LogP contribution >= 0.6 is 23.2 Å². The number of amides is 1. The average Bonchev–Trinajstić information content (AvgIpc) is 3.17. The number of halogens is 5. The molecule has 1 aliphatic heterocycles. The van der Waals surface area contributed by atoms with Crippen molar-refractivity contribution in [2.75, 3.05) is 20.2 Å². The van der Waals surface area contributed by atoms with E-state index in [0.717, 1.165) is 6.07 Å². The minimum Gasteiger partial charge on any atom is -0.469 e. The van der Waals surface area contributed by atoms with Gasteiger partial charge in [0.15, 0.2) is 0 Å². The third-order valence-corrected chi connectivity index (χ3v) is 7.83. The lowest BCUT2D eigenvalue weighted by Crippen LogP contribution is -2.39. The highest BCUT2D eigenvalue weighted by Gasteiger charge is 2.34. The molecule has 0 bridgehead atoms. The van der Waals surface area contributed by atoms with Crippen LogP contribution < -0.4 is 0 Å². The van der Waals surface area contributed by atoms with Crippen molar-refractivity contribution in [3.8, 4) is 0 Å². The molecular weight excluding hydrogens is 530 g/mol. The molecule has 4 rings (SSSR count). The molecule has 0 saturated carbocycles. The van der Waals surface area contributed by atoms with Gasteiger partial charge in [0.05, 0.1) is 34.3 Å². The maximum absolute atomic E-state index is 13.4. The second-order valence-electron chi connectivity index (χ2n) is 9.27. The molecular formula is C26H26Cl2F3N3O3. The number of carbonyl (C=O) groups is 2. The van der Waals surface area contributed by atoms with Crippen molar-refractivity contribution < 1.29 is 27.5 Å². The summed E-state index contributed by atoms with van der Waals surface area (Å²) in [4.78, 5) is 31.0. The summed E-state index contributed by atoms with van der Waals surface area (Å²) < 4.78 is 46.6. The summed E-state index contributed by atoms with van der Waals surface area (Å²) in [6, 6.07) is 5.62. The van der Waals surface area contributed by atoms with E-state index >= 15 is 0 Å². The average molecular weight is 556 g/mol. The number of alkyl halides is 3. The van der Waals surface area contributed by atoms with Crippen LogP contribution in [-0.2, 0) is 29.2 Å². The molecule has 1 saturated heterocycles. The Kier molecular flexibility index (Phi) is 7.76.